The van der Waals surface area contributed by atoms with Crippen LogP contribution in [0.5, 0.6) is 0 Å². The summed E-state index contributed by atoms with van der Waals surface area (Å²) < 4.78 is 48.1. The zero-order valence-electron chi connectivity index (χ0n) is 8.44. The lowest BCUT2D eigenvalue weighted by Gasteiger charge is -2.19. The van der Waals surface area contributed by atoms with Gasteiger partial charge in [0.05, 0.1) is 12.6 Å². The van der Waals surface area contributed by atoms with Crippen molar-refractivity contribution in [3.8, 4) is 0 Å². The van der Waals surface area contributed by atoms with E-state index >= 15 is 0 Å². The van der Waals surface area contributed by atoms with Gasteiger partial charge in [0.25, 0.3) is 0 Å². The van der Waals surface area contributed by atoms with Crippen LogP contribution in [0.25, 0.3) is 0 Å². The van der Waals surface area contributed by atoms with E-state index in [-0.39, 0.29) is 5.92 Å². The van der Waals surface area contributed by atoms with Gasteiger partial charge in [0.15, 0.2) is 0 Å². The number of carbonyl (C=O) groups is 1. The topological polar surface area (TPSA) is 55.1 Å². The third kappa shape index (κ3) is 4.46. The lowest BCUT2D eigenvalue weighted by Crippen LogP contribution is -2.49. The SMILES string of the molecule is CC(C)[C@@H](N)C(=O)NCC(F)(F)C(F)F. The van der Waals surface area contributed by atoms with E-state index in [1.165, 1.54) is 0 Å². The minimum atomic E-state index is -4.22. The van der Waals surface area contributed by atoms with Crippen LogP contribution < -0.4 is 11.1 Å². The molecule has 0 rings (SSSR count). The molecule has 0 fully saturated rings. The quantitative estimate of drug-likeness (QED) is 0.692. The van der Waals surface area contributed by atoms with Crippen molar-refractivity contribution >= 4 is 5.91 Å². The third-order valence-corrected chi connectivity index (χ3v) is 1.84. The summed E-state index contributed by atoms with van der Waals surface area (Å²) in [6.45, 7) is 1.84. The summed E-state index contributed by atoms with van der Waals surface area (Å²) in [4.78, 5) is 11.0. The van der Waals surface area contributed by atoms with Crippen molar-refractivity contribution in [1.29, 1.82) is 0 Å². The molecule has 0 aromatic rings. The van der Waals surface area contributed by atoms with Crippen molar-refractivity contribution < 1.29 is 22.4 Å². The molecule has 0 saturated heterocycles. The highest BCUT2D eigenvalue weighted by atomic mass is 19.3. The average Bonchev–Trinajstić information content (AvgIpc) is 2.12. The van der Waals surface area contributed by atoms with Gasteiger partial charge in [-0.2, -0.15) is 8.78 Å². The summed E-state index contributed by atoms with van der Waals surface area (Å²) in [6.07, 6.45) is -3.80. The van der Waals surface area contributed by atoms with Gasteiger partial charge in [-0.1, -0.05) is 13.8 Å². The molecule has 3 nitrogen and oxygen atoms in total. The Morgan fingerprint density at radius 3 is 2.20 bits per heavy atom. The van der Waals surface area contributed by atoms with Crippen LogP contribution in [0.1, 0.15) is 13.8 Å². The number of hydrogen-bond acceptors (Lipinski definition) is 2. The zero-order valence-corrected chi connectivity index (χ0v) is 8.44. The summed E-state index contributed by atoms with van der Waals surface area (Å²) in [5.41, 5.74) is 5.32. The molecule has 0 bridgehead atoms. The lowest BCUT2D eigenvalue weighted by atomic mass is 10.1. The monoisotopic (exact) mass is 230 g/mol. The summed E-state index contributed by atoms with van der Waals surface area (Å²) in [5.74, 6) is -5.32. The Bertz CT molecular complexity index is 221. The van der Waals surface area contributed by atoms with Crippen molar-refractivity contribution in [3.63, 3.8) is 0 Å². The van der Waals surface area contributed by atoms with Crippen LogP contribution in [-0.4, -0.2) is 30.8 Å². The first-order valence-corrected chi connectivity index (χ1v) is 4.37. The molecule has 0 radical (unpaired) electrons. The highest BCUT2D eigenvalue weighted by Gasteiger charge is 2.41. The molecule has 3 N–H and O–H groups in total. The molecular weight excluding hydrogens is 216 g/mol. The fraction of sp³-hybridized carbons (Fsp3) is 0.875. The molecule has 0 aliphatic carbocycles. The first kappa shape index (κ1) is 14.2. The second-order valence-corrected chi connectivity index (χ2v) is 3.55. The van der Waals surface area contributed by atoms with E-state index in [2.05, 4.69) is 0 Å². The Balaban J connectivity index is 4.12. The number of carbonyl (C=O) groups excluding carboxylic acids is 1. The van der Waals surface area contributed by atoms with Crippen molar-refractivity contribution in [2.24, 2.45) is 11.7 Å². The van der Waals surface area contributed by atoms with Crippen molar-refractivity contribution in [3.05, 3.63) is 0 Å². The van der Waals surface area contributed by atoms with Gasteiger partial charge in [0.2, 0.25) is 5.91 Å². The van der Waals surface area contributed by atoms with Gasteiger partial charge in [0, 0.05) is 0 Å². The second kappa shape index (κ2) is 5.29. The maximum atomic E-state index is 12.4. The Morgan fingerprint density at radius 2 is 1.87 bits per heavy atom. The molecule has 1 amide bonds. The minimum Gasteiger partial charge on any atom is -0.348 e. The van der Waals surface area contributed by atoms with Crippen LogP contribution in [0.2, 0.25) is 0 Å². The van der Waals surface area contributed by atoms with Gasteiger partial charge in [-0.3, -0.25) is 4.79 Å². The summed E-state index contributed by atoms with van der Waals surface area (Å²) in [5, 5.41) is 1.69. The molecule has 90 valence electrons. The highest BCUT2D eigenvalue weighted by Crippen LogP contribution is 2.21. The van der Waals surface area contributed by atoms with Crippen molar-refractivity contribution in [1.82, 2.24) is 5.32 Å². The molecule has 0 aromatic heterocycles. The molecule has 1 atom stereocenters. The van der Waals surface area contributed by atoms with E-state index in [9.17, 15) is 22.4 Å². The maximum Gasteiger partial charge on any atom is 0.324 e. The Morgan fingerprint density at radius 1 is 1.40 bits per heavy atom. The fourth-order valence-electron chi connectivity index (χ4n) is 0.703. The lowest BCUT2D eigenvalue weighted by molar-refractivity contribution is -0.137. The first-order chi connectivity index (χ1) is 6.68. The van der Waals surface area contributed by atoms with E-state index in [0.717, 1.165) is 0 Å². The van der Waals surface area contributed by atoms with Crippen LogP contribution in [0, 0.1) is 5.92 Å². The summed E-state index contributed by atoms with van der Waals surface area (Å²) in [7, 11) is 0. The number of nitrogens with two attached hydrogens (primary N) is 1. The number of nitrogens with one attached hydrogen (secondary N) is 1. The smallest absolute Gasteiger partial charge is 0.324 e. The normalized spacial score (nSPS) is 14.5. The third-order valence-electron chi connectivity index (χ3n) is 1.84. The number of halogens is 4. The number of rotatable bonds is 5. The van der Waals surface area contributed by atoms with Gasteiger partial charge in [0.1, 0.15) is 0 Å². The van der Waals surface area contributed by atoms with E-state index in [4.69, 9.17) is 5.73 Å². The number of amides is 1. The fourth-order valence-corrected chi connectivity index (χ4v) is 0.703. The molecule has 7 heteroatoms. The average molecular weight is 230 g/mol. The number of hydrogen-bond donors (Lipinski definition) is 2. The molecule has 0 spiro atoms. The minimum absolute atomic E-state index is 0.245. The zero-order chi connectivity index (χ0) is 12.2. The predicted octanol–water partition coefficient (Wildman–Crippen LogP) is 0.986. The van der Waals surface area contributed by atoms with E-state index in [1.54, 1.807) is 19.2 Å². The van der Waals surface area contributed by atoms with E-state index in [1.807, 2.05) is 0 Å². The Kier molecular flexibility index (Phi) is 4.99. The molecule has 0 aliphatic heterocycles. The molecule has 0 aliphatic rings. The molecule has 0 saturated carbocycles. The number of alkyl halides is 4. The molecular formula is C8H14F4N2O. The van der Waals surface area contributed by atoms with Gasteiger partial charge >= 0.3 is 12.3 Å². The first-order valence-electron chi connectivity index (χ1n) is 4.37. The Hall–Kier alpha value is -0.850. The molecule has 15 heavy (non-hydrogen) atoms. The van der Waals surface area contributed by atoms with Crippen LogP contribution in [0.3, 0.4) is 0 Å². The van der Waals surface area contributed by atoms with Gasteiger partial charge in [-0.25, -0.2) is 8.78 Å². The molecule has 0 aromatic carbocycles. The van der Waals surface area contributed by atoms with Crippen LogP contribution in [0.15, 0.2) is 0 Å². The predicted molar refractivity (Wildman–Crippen MR) is 46.8 cm³/mol. The molecule has 0 unspecified atom stereocenters. The van der Waals surface area contributed by atoms with Crippen LogP contribution >= 0.6 is 0 Å². The molecule has 0 heterocycles. The van der Waals surface area contributed by atoms with E-state index < -0.39 is 30.8 Å². The van der Waals surface area contributed by atoms with Crippen LogP contribution in [-0.2, 0) is 4.79 Å². The Labute approximate surface area is 85.0 Å². The van der Waals surface area contributed by atoms with E-state index in [0.29, 0.717) is 0 Å². The van der Waals surface area contributed by atoms with Crippen molar-refractivity contribution in [2.45, 2.75) is 32.2 Å². The maximum absolute atomic E-state index is 12.4. The van der Waals surface area contributed by atoms with Crippen LogP contribution in [0.4, 0.5) is 17.6 Å². The van der Waals surface area contributed by atoms with Crippen molar-refractivity contribution in [2.75, 3.05) is 6.54 Å². The summed E-state index contributed by atoms with van der Waals surface area (Å²) >= 11 is 0. The van der Waals surface area contributed by atoms with Gasteiger partial charge < -0.3 is 11.1 Å². The highest BCUT2D eigenvalue weighted by molar-refractivity contribution is 5.81. The summed E-state index contributed by atoms with van der Waals surface area (Å²) in [6, 6.07) is -0.974. The van der Waals surface area contributed by atoms with Gasteiger partial charge in [-0.05, 0) is 5.92 Å². The standard InChI is InChI=1S/C8H14F4N2O/c1-4(2)5(13)6(15)14-3-8(11,12)7(9)10/h4-5,7H,3,13H2,1-2H3,(H,14,15)/t5-/m1/s1. The van der Waals surface area contributed by atoms with Gasteiger partial charge in [-0.15, -0.1) is 0 Å². The largest absolute Gasteiger partial charge is 0.348 e. The second-order valence-electron chi connectivity index (χ2n) is 3.55.